The lowest BCUT2D eigenvalue weighted by Crippen LogP contribution is -2.45. The van der Waals surface area contributed by atoms with Crippen molar-refractivity contribution in [1.29, 1.82) is 0 Å². The summed E-state index contributed by atoms with van der Waals surface area (Å²) < 4.78 is 2.31. The zero-order valence-corrected chi connectivity index (χ0v) is 14.7. The van der Waals surface area contributed by atoms with E-state index >= 15 is 0 Å². The smallest absolute Gasteiger partial charge is 0.222 e. The van der Waals surface area contributed by atoms with Gasteiger partial charge in [0.2, 0.25) is 5.91 Å². The number of aromatic nitrogens is 1. The Morgan fingerprint density at radius 1 is 1.08 bits per heavy atom. The number of rotatable bonds is 4. The zero-order valence-electron chi connectivity index (χ0n) is 14.0. The summed E-state index contributed by atoms with van der Waals surface area (Å²) in [7, 11) is 0. The summed E-state index contributed by atoms with van der Waals surface area (Å²) in [6, 6.07) is 8.69. The highest BCUT2D eigenvalue weighted by Gasteiger charge is 2.30. The van der Waals surface area contributed by atoms with Crippen molar-refractivity contribution >= 4 is 28.4 Å². The largest absolute Gasteiger partial charge is 0.346 e. The first-order valence-electron chi connectivity index (χ1n) is 8.97. The van der Waals surface area contributed by atoms with E-state index < -0.39 is 0 Å². The molecule has 3 heterocycles. The molecule has 0 N–H and O–H groups in total. The molecule has 0 radical (unpaired) electrons. The van der Waals surface area contributed by atoms with Crippen LogP contribution < -0.4 is 0 Å². The summed E-state index contributed by atoms with van der Waals surface area (Å²) in [6.45, 7) is 5.23. The van der Waals surface area contributed by atoms with Crippen molar-refractivity contribution in [2.24, 2.45) is 0 Å². The second kappa shape index (κ2) is 6.77. The topological polar surface area (TPSA) is 28.5 Å². The minimum Gasteiger partial charge on any atom is -0.346 e. The Morgan fingerprint density at radius 2 is 1.92 bits per heavy atom. The number of fused-ring (bicyclic) bond motifs is 1. The molecule has 1 aromatic carbocycles. The van der Waals surface area contributed by atoms with Gasteiger partial charge in [-0.2, -0.15) is 0 Å². The average molecular weight is 346 g/mol. The summed E-state index contributed by atoms with van der Waals surface area (Å²) in [5.74, 6) is 0.367. The zero-order chi connectivity index (χ0) is 16.5. The Hall–Kier alpha value is -1.52. The standard InChI is InChI=1S/C19H24ClN3O/c20-16-3-4-18-15(14-16)5-11-22(18)13-12-21-9-6-17(7-10-21)23-8-1-2-19(23)24/h3-5,11,14,17H,1-2,6-10,12-13H2. The van der Waals surface area contributed by atoms with Gasteiger partial charge in [0.05, 0.1) is 0 Å². The quantitative estimate of drug-likeness (QED) is 0.849. The molecule has 128 valence electrons. The molecule has 4 rings (SSSR count). The maximum Gasteiger partial charge on any atom is 0.222 e. The molecule has 0 atom stereocenters. The van der Waals surface area contributed by atoms with Gasteiger partial charge in [-0.25, -0.2) is 0 Å². The Labute approximate surface area is 148 Å². The number of carbonyl (C=O) groups excluding carboxylic acids is 1. The van der Waals surface area contributed by atoms with Crippen LogP contribution in [0.25, 0.3) is 10.9 Å². The van der Waals surface area contributed by atoms with E-state index in [2.05, 4.69) is 32.7 Å². The van der Waals surface area contributed by atoms with Crippen LogP contribution >= 0.6 is 11.6 Å². The number of amides is 1. The van der Waals surface area contributed by atoms with Gasteiger partial charge in [-0.15, -0.1) is 0 Å². The predicted molar refractivity (Wildman–Crippen MR) is 97.4 cm³/mol. The summed E-state index contributed by atoms with van der Waals surface area (Å²) in [6.07, 6.45) is 6.19. The summed E-state index contributed by atoms with van der Waals surface area (Å²) in [5, 5.41) is 1.99. The molecule has 0 saturated carbocycles. The highest BCUT2D eigenvalue weighted by molar-refractivity contribution is 6.31. The molecular weight excluding hydrogens is 322 g/mol. The van der Waals surface area contributed by atoms with Crippen LogP contribution in [-0.2, 0) is 11.3 Å². The van der Waals surface area contributed by atoms with Crippen LogP contribution in [0.3, 0.4) is 0 Å². The molecule has 0 unspecified atom stereocenters. The van der Waals surface area contributed by atoms with Gasteiger partial charge < -0.3 is 14.4 Å². The molecule has 0 bridgehead atoms. The Balaban J connectivity index is 1.31. The van der Waals surface area contributed by atoms with Crippen LogP contribution in [0, 0.1) is 0 Å². The first kappa shape index (κ1) is 16.0. The molecule has 0 aliphatic carbocycles. The van der Waals surface area contributed by atoms with Crippen LogP contribution in [-0.4, -0.2) is 52.5 Å². The molecule has 1 amide bonds. The highest BCUT2D eigenvalue weighted by Crippen LogP contribution is 2.23. The van der Waals surface area contributed by atoms with Crippen LogP contribution in [0.4, 0.5) is 0 Å². The van der Waals surface area contributed by atoms with Gasteiger partial charge in [0.15, 0.2) is 0 Å². The van der Waals surface area contributed by atoms with Crippen molar-refractivity contribution in [3.63, 3.8) is 0 Å². The van der Waals surface area contributed by atoms with E-state index in [0.717, 1.165) is 63.4 Å². The van der Waals surface area contributed by atoms with Gasteiger partial charge in [0, 0.05) is 67.3 Å². The number of hydrogen-bond donors (Lipinski definition) is 0. The third-order valence-corrected chi connectivity index (χ3v) is 5.73. The van der Waals surface area contributed by atoms with Crippen molar-refractivity contribution in [2.75, 3.05) is 26.2 Å². The Morgan fingerprint density at radius 3 is 2.67 bits per heavy atom. The SMILES string of the molecule is O=C1CCCN1C1CCN(CCn2ccc3cc(Cl)ccc32)CC1. The van der Waals surface area contributed by atoms with E-state index in [1.807, 2.05) is 12.1 Å². The van der Waals surface area contributed by atoms with Crippen molar-refractivity contribution in [3.05, 3.63) is 35.5 Å². The van der Waals surface area contributed by atoms with Crippen LogP contribution in [0.5, 0.6) is 0 Å². The van der Waals surface area contributed by atoms with Gasteiger partial charge in [-0.05, 0) is 43.5 Å². The lowest BCUT2D eigenvalue weighted by atomic mass is 10.0. The van der Waals surface area contributed by atoms with Gasteiger partial charge in [0.1, 0.15) is 0 Å². The van der Waals surface area contributed by atoms with Crippen LogP contribution in [0.1, 0.15) is 25.7 Å². The van der Waals surface area contributed by atoms with E-state index in [1.54, 1.807) is 0 Å². The molecule has 2 aromatic rings. The molecule has 24 heavy (non-hydrogen) atoms. The lowest BCUT2D eigenvalue weighted by molar-refractivity contribution is -0.130. The summed E-state index contributed by atoms with van der Waals surface area (Å²) >= 11 is 6.06. The van der Waals surface area contributed by atoms with Gasteiger partial charge in [-0.3, -0.25) is 4.79 Å². The van der Waals surface area contributed by atoms with Crippen molar-refractivity contribution in [3.8, 4) is 0 Å². The van der Waals surface area contributed by atoms with E-state index in [0.29, 0.717) is 11.9 Å². The molecule has 5 heteroatoms. The third-order valence-electron chi connectivity index (χ3n) is 5.50. The van der Waals surface area contributed by atoms with E-state index in [9.17, 15) is 4.79 Å². The van der Waals surface area contributed by atoms with Crippen molar-refractivity contribution in [2.45, 2.75) is 38.3 Å². The van der Waals surface area contributed by atoms with Gasteiger partial charge in [0.25, 0.3) is 0 Å². The molecular formula is C19H24ClN3O. The molecule has 2 aliphatic heterocycles. The average Bonchev–Trinajstić information content (AvgIpc) is 3.19. The minimum atomic E-state index is 0.367. The fraction of sp³-hybridized carbons (Fsp3) is 0.526. The Kier molecular flexibility index (Phi) is 4.51. The molecule has 2 fully saturated rings. The number of nitrogens with zero attached hydrogens (tertiary/aromatic N) is 3. The maximum atomic E-state index is 11.9. The van der Waals surface area contributed by atoms with E-state index in [4.69, 9.17) is 11.6 Å². The van der Waals surface area contributed by atoms with E-state index in [-0.39, 0.29) is 0 Å². The highest BCUT2D eigenvalue weighted by atomic mass is 35.5. The molecule has 0 spiro atoms. The second-order valence-electron chi connectivity index (χ2n) is 6.98. The minimum absolute atomic E-state index is 0.367. The number of likely N-dealkylation sites (tertiary alicyclic amines) is 2. The molecule has 1 aromatic heterocycles. The monoisotopic (exact) mass is 345 g/mol. The molecule has 2 aliphatic rings. The van der Waals surface area contributed by atoms with Crippen molar-refractivity contribution < 1.29 is 4.79 Å². The number of hydrogen-bond acceptors (Lipinski definition) is 2. The van der Waals surface area contributed by atoms with Crippen LogP contribution in [0.2, 0.25) is 5.02 Å². The molecule has 4 nitrogen and oxygen atoms in total. The predicted octanol–water partition coefficient (Wildman–Crippen LogP) is 3.38. The number of halogens is 1. The van der Waals surface area contributed by atoms with E-state index in [1.165, 1.54) is 10.9 Å². The van der Waals surface area contributed by atoms with Crippen molar-refractivity contribution in [1.82, 2.24) is 14.4 Å². The second-order valence-corrected chi connectivity index (χ2v) is 7.41. The maximum absolute atomic E-state index is 11.9. The van der Waals surface area contributed by atoms with Gasteiger partial charge >= 0.3 is 0 Å². The summed E-state index contributed by atoms with van der Waals surface area (Å²) in [5.41, 5.74) is 1.25. The fourth-order valence-corrected chi connectivity index (χ4v) is 4.31. The number of benzene rings is 1. The fourth-order valence-electron chi connectivity index (χ4n) is 4.12. The first-order valence-corrected chi connectivity index (χ1v) is 9.35. The van der Waals surface area contributed by atoms with Crippen LogP contribution in [0.15, 0.2) is 30.5 Å². The van der Waals surface area contributed by atoms with Gasteiger partial charge in [-0.1, -0.05) is 11.6 Å². The molecule has 2 saturated heterocycles. The normalized spacial score (nSPS) is 20.4. The number of carbonyl (C=O) groups is 1. The Bertz CT molecular complexity index is 733. The lowest BCUT2D eigenvalue weighted by Gasteiger charge is -2.36. The first-order chi connectivity index (χ1) is 11.7. The summed E-state index contributed by atoms with van der Waals surface area (Å²) in [4.78, 5) is 16.5. The number of piperidine rings is 1. The third kappa shape index (κ3) is 3.17.